The minimum atomic E-state index is -0.115. The number of amides is 1. The number of fused-ring (bicyclic) bond motifs is 1. The molecule has 0 atom stereocenters. The van der Waals surface area contributed by atoms with E-state index in [2.05, 4.69) is 31.9 Å². The minimum absolute atomic E-state index is 0.115. The van der Waals surface area contributed by atoms with Gasteiger partial charge in [-0.1, -0.05) is 53.8 Å². The second kappa shape index (κ2) is 9.87. The summed E-state index contributed by atoms with van der Waals surface area (Å²) in [5.41, 5.74) is 4.77. The first kappa shape index (κ1) is 21.8. The first-order valence-corrected chi connectivity index (χ1v) is 12.2. The molecule has 0 unspecified atom stereocenters. The minimum Gasteiger partial charge on any atom is -0.379 e. The van der Waals surface area contributed by atoms with Gasteiger partial charge in [0.15, 0.2) is 5.13 Å². The standard InChI is InChI=1S/C26H28N4O2S/c1-19-21(25(31)28-26-27-22-10-5-6-11-24(22)33-26)18-23(20-8-3-2-4-9-20)30(19)13-7-12-29-14-16-32-17-15-29/h2-6,8-11,18H,7,12-17H2,1H3,(H,27,28,31). The van der Waals surface area contributed by atoms with E-state index in [9.17, 15) is 4.79 Å². The van der Waals surface area contributed by atoms with Crippen LogP contribution < -0.4 is 5.32 Å². The van der Waals surface area contributed by atoms with E-state index in [4.69, 9.17) is 4.74 Å². The number of rotatable bonds is 7. The number of nitrogens with one attached hydrogen (secondary N) is 1. The third kappa shape index (κ3) is 4.85. The molecule has 170 valence electrons. The molecule has 5 rings (SSSR count). The van der Waals surface area contributed by atoms with Gasteiger partial charge in [0.25, 0.3) is 5.91 Å². The first-order valence-electron chi connectivity index (χ1n) is 11.4. The lowest BCUT2D eigenvalue weighted by atomic mass is 10.1. The van der Waals surface area contributed by atoms with Gasteiger partial charge in [-0.05, 0) is 37.1 Å². The van der Waals surface area contributed by atoms with E-state index in [0.29, 0.717) is 10.7 Å². The number of para-hydroxylation sites is 1. The number of hydrogen-bond donors (Lipinski definition) is 1. The van der Waals surface area contributed by atoms with Gasteiger partial charge in [-0.2, -0.15) is 0 Å². The molecule has 2 aromatic heterocycles. The van der Waals surface area contributed by atoms with Crippen molar-refractivity contribution in [2.75, 3.05) is 38.2 Å². The van der Waals surface area contributed by atoms with E-state index in [0.717, 1.165) is 73.0 Å². The molecule has 1 aliphatic rings. The molecule has 1 N–H and O–H groups in total. The second-order valence-electron chi connectivity index (χ2n) is 8.29. The molecule has 3 heterocycles. The molecule has 2 aromatic carbocycles. The second-order valence-corrected chi connectivity index (χ2v) is 9.33. The quantitative estimate of drug-likeness (QED) is 0.419. The number of anilines is 1. The van der Waals surface area contributed by atoms with Crippen molar-refractivity contribution in [3.63, 3.8) is 0 Å². The molecule has 1 amide bonds. The van der Waals surface area contributed by atoms with Crippen LogP contribution >= 0.6 is 11.3 Å². The van der Waals surface area contributed by atoms with Crippen LogP contribution in [0.3, 0.4) is 0 Å². The van der Waals surface area contributed by atoms with Gasteiger partial charge in [0, 0.05) is 37.6 Å². The zero-order valence-electron chi connectivity index (χ0n) is 18.8. The van der Waals surface area contributed by atoms with Gasteiger partial charge < -0.3 is 9.30 Å². The summed E-state index contributed by atoms with van der Waals surface area (Å²) in [6, 6.07) is 20.2. The highest BCUT2D eigenvalue weighted by molar-refractivity contribution is 7.22. The number of hydrogen-bond acceptors (Lipinski definition) is 5. The number of carbonyl (C=O) groups excluding carboxylic acids is 1. The highest BCUT2D eigenvalue weighted by atomic mass is 32.1. The fourth-order valence-electron chi connectivity index (χ4n) is 4.38. The van der Waals surface area contributed by atoms with Crippen LogP contribution in [0.1, 0.15) is 22.5 Å². The Hall–Kier alpha value is -3.00. The van der Waals surface area contributed by atoms with Crippen LogP contribution in [0.4, 0.5) is 5.13 Å². The predicted octanol–water partition coefficient (Wildman–Crippen LogP) is 5.05. The van der Waals surface area contributed by atoms with E-state index < -0.39 is 0 Å². The molecular formula is C26H28N4O2S. The Balaban J connectivity index is 1.38. The van der Waals surface area contributed by atoms with Crippen LogP contribution in [0.15, 0.2) is 60.7 Å². The number of thiazole rings is 1. The number of morpholine rings is 1. The molecular weight excluding hydrogens is 432 g/mol. The molecule has 7 heteroatoms. The largest absolute Gasteiger partial charge is 0.379 e. The van der Waals surface area contributed by atoms with Crippen molar-refractivity contribution in [2.24, 2.45) is 0 Å². The zero-order valence-corrected chi connectivity index (χ0v) is 19.6. The van der Waals surface area contributed by atoms with Crippen molar-refractivity contribution >= 4 is 32.6 Å². The summed E-state index contributed by atoms with van der Waals surface area (Å²) >= 11 is 1.50. The number of nitrogens with zero attached hydrogens (tertiary/aromatic N) is 3. The summed E-state index contributed by atoms with van der Waals surface area (Å²) in [6.45, 7) is 7.54. The Morgan fingerprint density at radius 1 is 1.06 bits per heavy atom. The summed E-state index contributed by atoms with van der Waals surface area (Å²) in [5.74, 6) is -0.115. The summed E-state index contributed by atoms with van der Waals surface area (Å²) < 4.78 is 8.81. The SMILES string of the molecule is Cc1c(C(=O)Nc2nc3ccccc3s2)cc(-c2ccccc2)n1CCCN1CCOCC1. The van der Waals surface area contributed by atoms with Crippen molar-refractivity contribution < 1.29 is 9.53 Å². The molecule has 0 radical (unpaired) electrons. The first-order chi connectivity index (χ1) is 16.2. The third-order valence-electron chi connectivity index (χ3n) is 6.15. The summed E-state index contributed by atoms with van der Waals surface area (Å²) in [7, 11) is 0. The Kier molecular flexibility index (Phi) is 6.53. The average molecular weight is 461 g/mol. The van der Waals surface area contributed by atoms with E-state index in [1.165, 1.54) is 11.3 Å². The van der Waals surface area contributed by atoms with Crippen LogP contribution in [0.5, 0.6) is 0 Å². The maximum atomic E-state index is 13.2. The van der Waals surface area contributed by atoms with Crippen LogP contribution in [-0.2, 0) is 11.3 Å². The van der Waals surface area contributed by atoms with Gasteiger partial charge in [-0.15, -0.1) is 0 Å². The lowest BCUT2D eigenvalue weighted by Crippen LogP contribution is -2.37. The topological polar surface area (TPSA) is 59.4 Å². The summed E-state index contributed by atoms with van der Waals surface area (Å²) in [5, 5.41) is 3.65. The van der Waals surface area contributed by atoms with Crippen LogP contribution in [0.2, 0.25) is 0 Å². The zero-order chi connectivity index (χ0) is 22.6. The Bertz CT molecular complexity index is 1210. The van der Waals surface area contributed by atoms with Gasteiger partial charge in [-0.25, -0.2) is 4.98 Å². The summed E-state index contributed by atoms with van der Waals surface area (Å²) in [4.78, 5) is 20.3. The Labute approximate surface area is 197 Å². The van der Waals surface area contributed by atoms with Gasteiger partial charge in [-0.3, -0.25) is 15.0 Å². The van der Waals surface area contributed by atoms with Crippen LogP contribution in [-0.4, -0.2) is 53.2 Å². The van der Waals surface area contributed by atoms with Crippen LogP contribution in [0, 0.1) is 6.92 Å². The molecule has 33 heavy (non-hydrogen) atoms. The van der Waals surface area contributed by atoms with Crippen molar-refractivity contribution in [2.45, 2.75) is 19.9 Å². The normalized spacial score (nSPS) is 14.6. The van der Waals surface area contributed by atoms with E-state index in [1.54, 1.807) is 0 Å². The van der Waals surface area contributed by atoms with Gasteiger partial charge in [0.1, 0.15) is 0 Å². The van der Waals surface area contributed by atoms with E-state index in [-0.39, 0.29) is 5.91 Å². The number of carbonyl (C=O) groups is 1. The van der Waals surface area contributed by atoms with Crippen molar-refractivity contribution in [3.05, 3.63) is 71.9 Å². The Morgan fingerprint density at radius 2 is 1.82 bits per heavy atom. The van der Waals surface area contributed by atoms with Gasteiger partial charge >= 0.3 is 0 Å². The smallest absolute Gasteiger partial charge is 0.259 e. The molecule has 0 spiro atoms. The van der Waals surface area contributed by atoms with Gasteiger partial charge in [0.05, 0.1) is 29.0 Å². The summed E-state index contributed by atoms with van der Waals surface area (Å²) in [6.07, 6.45) is 1.02. The molecule has 6 nitrogen and oxygen atoms in total. The Morgan fingerprint density at radius 3 is 2.61 bits per heavy atom. The molecule has 4 aromatic rings. The monoisotopic (exact) mass is 460 g/mol. The molecule has 1 aliphatic heterocycles. The maximum absolute atomic E-state index is 13.2. The van der Waals surface area contributed by atoms with Crippen molar-refractivity contribution in [3.8, 4) is 11.3 Å². The average Bonchev–Trinajstić information content (AvgIpc) is 3.41. The fourth-order valence-corrected chi connectivity index (χ4v) is 5.24. The molecule has 0 saturated carbocycles. The number of aromatic nitrogens is 2. The van der Waals surface area contributed by atoms with Crippen LogP contribution in [0.25, 0.3) is 21.5 Å². The lowest BCUT2D eigenvalue weighted by Gasteiger charge is -2.26. The van der Waals surface area contributed by atoms with E-state index in [1.807, 2.05) is 55.5 Å². The van der Waals surface area contributed by atoms with Crippen molar-refractivity contribution in [1.29, 1.82) is 0 Å². The lowest BCUT2D eigenvalue weighted by molar-refractivity contribution is 0.0369. The third-order valence-corrected chi connectivity index (χ3v) is 7.11. The predicted molar refractivity (Wildman–Crippen MR) is 134 cm³/mol. The molecule has 1 saturated heterocycles. The van der Waals surface area contributed by atoms with E-state index >= 15 is 0 Å². The highest BCUT2D eigenvalue weighted by Gasteiger charge is 2.20. The highest BCUT2D eigenvalue weighted by Crippen LogP contribution is 2.29. The number of ether oxygens (including phenoxy) is 1. The molecule has 1 fully saturated rings. The number of benzene rings is 2. The van der Waals surface area contributed by atoms with Crippen molar-refractivity contribution in [1.82, 2.24) is 14.5 Å². The molecule has 0 aliphatic carbocycles. The molecule has 0 bridgehead atoms. The maximum Gasteiger partial charge on any atom is 0.259 e. The van der Waals surface area contributed by atoms with Gasteiger partial charge in [0.2, 0.25) is 0 Å². The fraction of sp³-hybridized carbons (Fsp3) is 0.308.